The van der Waals surface area contributed by atoms with Gasteiger partial charge in [-0.2, -0.15) is 0 Å². The van der Waals surface area contributed by atoms with E-state index in [-0.39, 0.29) is 11.2 Å². The Morgan fingerprint density at radius 3 is 2.35 bits per heavy atom. The monoisotopic (exact) mass is 332 g/mol. The highest BCUT2D eigenvalue weighted by atomic mass is 32.1. The lowest BCUT2D eigenvalue weighted by atomic mass is 9.86. The van der Waals surface area contributed by atoms with Crippen LogP contribution in [0.2, 0.25) is 0 Å². The number of carbonyl (C=O) groups excluding carboxylic acids is 1. The number of benzene rings is 1. The maximum Gasteiger partial charge on any atom is 0.217 e. The predicted octanol–water partition coefficient (Wildman–Crippen LogP) is 4.88. The molecule has 0 saturated carbocycles. The average Bonchev–Trinajstić information content (AvgIpc) is 2.90. The second kappa shape index (κ2) is 7.18. The Bertz CT molecular complexity index is 663. The average molecular weight is 332 g/mol. The van der Waals surface area contributed by atoms with Crippen LogP contribution in [0.5, 0.6) is 10.8 Å². The maximum atomic E-state index is 11.5. The maximum absolute atomic E-state index is 11.5. The van der Waals surface area contributed by atoms with Crippen molar-refractivity contribution in [1.29, 1.82) is 0 Å². The quantitative estimate of drug-likeness (QED) is 0.707. The Morgan fingerprint density at radius 2 is 1.83 bits per heavy atom. The molecular weight excluding hydrogens is 308 g/mol. The molecule has 2 rings (SSSR count). The summed E-state index contributed by atoms with van der Waals surface area (Å²) < 4.78 is 11.1. The smallest absolute Gasteiger partial charge is 0.217 e. The standard InChI is InChI=1S/C19H24O3S/c1-13(20)16-12-23-18(17(16)21-5)22-11-10-14-6-8-15(9-7-14)19(2,3)4/h6-9,12H,10-11H2,1-5H3. The van der Waals surface area contributed by atoms with Crippen LogP contribution in [0.15, 0.2) is 29.6 Å². The van der Waals surface area contributed by atoms with E-state index in [4.69, 9.17) is 9.47 Å². The summed E-state index contributed by atoms with van der Waals surface area (Å²) in [6, 6.07) is 8.65. The Hall–Kier alpha value is -1.81. The molecule has 0 saturated heterocycles. The molecule has 1 heterocycles. The van der Waals surface area contributed by atoms with Crippen LogP contribution < -0.4 is 9.47 Å². The van der Waals surface area contributed by atoms with Crippen LogP contribution in [0.3, 0.4) is 0 Å². The Balaban J connectivity index is 1.96. The predicted molar refractivity (Wildman–Crippen MR) is 95.2 cm³/mol. The van der Waals surface area contributed by atoms with E-state index in [2.05, 4.69) is 45.0 Å². The SMILES string of the molecule is COc1c(C(C)=O)csc1OCCc1ccc(C(C)(C)C)cc1. The van der Waals surface area contributed by atoms with Crippen LogP contribution in [0.4, 0.5) is 0 Å². The lowest BCUT2D eigenvalue weighted by Crippen LogP contribution is -2.11. The van der Waals surface area contributed by atoms with Gasteiger partial charge in [0.2, 0.25) is 5.06 Å². The minimum absolute atomic E-state index is 0.00859. The molecule has 0 amide bonds. The van der Waals surface area contributed by atoms with Crippen molar-refractivity contribution in [1.82, 2.24) is 0 Å². The third kappa shape index (κ3) is 4.35. The van der Waals surface area contributed by atoms with Crippen molar-refractivity contribution >= 4 is 17.1 Å². The number of ether oxygens (including phenoxy) is 2. The fourth-order valence-electron chi connectivity index (χ4n) is 2.30. The van der Waals surface area contributed by atoms with Gasteiger partial charge < -0.3 is 9.47 Å². The molecule has 0 atom stereocenters. The fraction of sp³-hybridized carbons (Fsp3) is 0.421. The molecule has 0 aliphatic carbocycles. The molecule has 0 aliphatic rings. The van der Waals surface area contributed by atoms with E-state index in [0.29, 0.717) is 23.0 Å². The molecule has 124 valence electrons. The Labute approximate surface area is 142 Å². The molecule has 3 nitrogen and oxygen atoms in total. The van der Waals surface area contributed by atoms with Gasteiger partial charge in [-0.15, -0.1) is 11.3 Å². The van der Waals surface area contributed by atoms with Crippen LogP contribution in [-0.2, 0) is 11.8 Å². The van der Waals surface area contributed by atoms with Crippen molar-refractivity contribution in [3.63, 3.8) is 0 Å². The molecular formula is C19H24O3S. The van der Waals surface area contributed by atoms with E-state index in [1.807, 2.05) is 0 Å². The number of hydrogen-bond acceptors (Lipinski definition) is 4. The van der Waals surface area contributed by atoms with Crippen molar-refractivity contribution in [3.05, 3.63) is 46.3 Å². The van der Waals surface area contributed by atoms with E-state index < -0.39 is 0 Å². The lowest BCUT2D eigenvalue weighted by Gasteiger charge is -2.19. The minimum Gasteiger partial charge on any atom is -0.491 e. The first-order valence-electron chi connectivity index (χ1n) is 7.71. The topological polar surface area (TPSA) is 35.5 Å². The summed E-state index contributed by atoms with van der Waals surface area (Å²) in [6.45, 7) is 8.72. The molecule has 0 aliphatic heterocycles. The van der Waals surface area contributed by atoms with Crippen LogP contribution in [-0.4, -0.2) is 19.5 Å². The first-order valence-corrected chi connectivity index (χ1v) is 8.59. The molecule has 23 heavy (non-hydrogen) atoms. The highest BCUT2D eigenvalue weighted by molar-refractivity contribution is 7.12. The number of hydrogen-bond donors (Lipinski definition) is 0. The van der Waals surface area contributed by atoms with Gasteiger partial charge in [0, 0.05) is 11.8 Å². The zero-order valence-corrected chi connectivity index (χ0v) is 15.3. The summed E-state index contributed by atoms with van der Waals surface area (Å²) in [7, 11) is 1.56. The van der Waals surface area contributed by atoms with Crippen LogP contribution >= 0.6 is 11.3 Å². The zero-order valence-electron chi connectivity index (χ0n) is 14.4. The van der Waals surface area contributed by atoms with E-state index in [0.717, 1.165) is 6.42 Å². The second-order valence-electron chi connectivity index (χ2n) is 6.57. The molecule has 0 radical (unpaired) electrons. The first kappa shape index (κ1) is 17.5. The summed E-state index contributed by atoms with van der Waals surface area (Å²) in [4.78, 5) is 11.5. The third-order valence-electron chi connectivity index (χ3n) is 3.74. The van der Waals surface area contributed by atoms with Gasteiger partial charge in [-0.3, -0.25) is 4.79 Å². The highest BCUT2D eigenvalue weighted by Gasteiger charge is 2.17. The van der Waals surface area contributed by atoms with Gasteiger partial charge in [0.25, 0.3) is 0 Å². The number of methoxy groups -OCH3 is 1. The van der Waals surface area contributed by atoms with Crippen molar-refractivity contribution < 1.29 is 14.3 Å². The zero-order chi connectivity index (χ0) is 17.0. The van der Waals surface area contributed by atoms with Crippen molar-refractivity contribution in [2.24, 2.45) is 0 Å². The molecule has 1 aromatic heterocycles. The lowest BCUT2D eigenvalue weighted by molar-refractivity contribution is 0.101. The Morgan fingerprint density at radius 1 is 1.17 bits per heavy atom. The normalized spacial score (nSPS) is 11.3. The van der Waals surface area contributed by atoms with E-state index in [1.54, 1.807) is 12.5 Å². The highest BCUT2D eigenvalue weighted by Crippen LogP contribution is 2.38. The summed E-state index contributed by atoms with van der Waals surface area (Å²) in [5.41, 5.74) is 3.32. The molecule has 2 aromatic rings. The number of ketones is 1. The number of thiophene rings is 1. The van der Waals surface area contributed by atoms with E-state index >= 15 is 0 Å². The summed E-state index contributed by atoms with van der Waals surface area (Å²) in [5, 5.41) is 2.46. The molecule has 0 spiro atoms. The van der Waals surface area contributed by atoms with E-state index in [1.165, 1.54) is 29.4 Å². The molecule has 0 N–H and O–H groups in total. The van der Waals surface area contributed by atoms with Gasteiger partial charge in [0.15, 0.2) is 11.5 Å². The second-order valence-corrected chi connectivity index (χ2v) is 7.41. The van der Waals surface area contributed by atoms with Gasteiger partial charge in [-0.05, 0) is 23.5 Å². The molecule has 0 unspecified atom stereocenters. The molecule has 0 fully saturated rings. The van der Waals surface area contributed by atoms with Crippen LogP contribution in [0.1, 0.15) is 49.2 Å². The van der Waals surface area contributed by atoms with Gasteiger partial charge in [-0.25, -0.2) is 0 Å². The van der Waals surface area contributed by atoms with Gasteiger partial charge in [0.1, 0.15) is 0 Å². The van der Waals surface area contributed by atoms with Gasteiger partial charge in [-0.1, -0.05) is 45.0 Å². The van der Waals surface area contributed by atoms with E-state index in [9.17, 15) is 4.79 Å². The number of Topliss-reactive ketones (excluding diaryl/α,β-unsaturated/α-hetero) is 1. The van der Waals surface area contributed by atoms with Gasteiger partial charge >= 0.3 is 0 Å². The fourth-order valence-corrected chi connectivity index (χ4v) is 3.25. The number of carbonyl (C=O) groups is 1. The summed E-state index contributed by atoms with van der Waals surface area (Å²) >= 11 is 1.40. The van der Waals surface area contributed by atoms with Crippen molar-refractivity contribution in [2.45, 2.75) is 39.5 Å². The van der Waals surface area contributed by atoms with Crippen LogP contribution in [0.25, 0.3) is 0 Å². The van der Waals surface area contributed by atoms with Crippen molar-refractivity contribution in [3.8, 4) is 10.8 Å². The van der Waals surface area contributed by atoms with Crippen LogP contribution in [0, 0.1) is 0 Å². The third-order valence-corrected chi connectivity index (χ3v) is 4.61. The first-order chi connectivity index (χ1) is 10.8. The largest absolute Gasteiger partial charge is 0.491 e. The van der Waals surface area contributed by atoms with Gasteiger partial charge in [0.05, 0.1) is 19.3 Å². The number of rotatable bonds is 6. The molecule has 4 heteroatoms. The summed E-state index contributed by atoms with van der Waals surface area (Å²) in [5.74, 6) is 0.538. The minimum atomic E-state index is -0.00859. The van der Waals surface area contributed by atoms with Crippen molar-refractivity contribution in [2.75, 3.05) is 13.7 Å². The molecule has 1 aromatic carbocycles. The molecule has 0 bridgehead atoms. The summed E-state index contributed by atoms with van der Waals surface area (Å²) in [6.07, 6.45) is 0.820. The Kier molecular flexibility index (Phi) is 5.47.